The number of carboxylic acid groups (broad SMARTS) is 2. The van der Waals surface area contributed by atoms with Crippen LogP contribution in [0.1, 0.15) is 126 Å². The highest BCUT2D eigenvalue weighted by Crippen LogP contribution is 2.77. The SMILES string of the molecule is C=C(C)[C@@H]1CCC2(C(=O)O)CC[C@]3(C)[C@H](CC[C@@H]4[C@@]5(C)CC[C@H](OC(=O)CC(C)(C)C(=O)O)C(C)(C)[C@@H]5CC[C@]43C)[C@@H]12. The van der Waals surface area contributed by atoms with Crippen molar-refractivity contribution >= 4 is 17.9 Å². The first kappa shape index (κ1) is 31.6. The Bertz CT molecular complexity index is 1170. The van der Waals surface area contributed by atoms with Crippen molar-refractivity contribution in [2.45, 2.75) is 132 Å². The molecule has 10 atom stereocenters. The van der Waals surface area contributed by atoms with Crippen LogP contribution in [0.5, 0.6) is 0 Å². The van der Waals surface area contributed by atoms with E-state index >= 15 is 0 Å². The molecule has 42 heavy (non-hydrogen) atoms. The van der Waals surface area contributed by atoms with Crippen molar-refractivity contribution < 1.29 is 29.3 Å². The fraction of sp³-hybridized carbons (Fsp3) is 0.861. The zero-order chi connectivity index (χ0) is 31.3. The van der Waals surface area contributed by atoms with Crippen LogP contribution in [0.2, 0.25) is 0 Å². The summed E-state index contributed by atoms with van der Waals surface area (Å²) in [6.07, 6.45) is 9.38. The Labute approximate surface area is 253 Å². The molecule has 2 N–H and O–H groups in total. The van der Waals surface area contributed by atoms with E-state index in [1.54, 1.807) is 13.8 Å². The second-order valence-electron chi connectivity index (χ2n) is 17.4. The Morgan fingerprint density at radius 3 is 2.10 bits per heavy atom. The van der Waals surface area contributed by atoms with Crippen LogP contribution in [-0.4, -0.2) is 34.2 Å². The molecule has 0 saturated heterocycles. The van der Waals surface area contributed by atoms with Gasteiger partial charge in [0.15, 0.2) is 0 Å². The molecule has 0 amide bonds. The molecule has 5 saturated carbocycles. The first-order chi connectivity index (χ1) is 19.3. The van der Waals surface area contributed by atoms with E-state index in [-0.39, 0.29) is 40.1 Å². The van der Waals surface area contributed by atoms with E-state index in [0.717, 1.165) is 69.8 Å². The van der Waals surface area contributed by atoms with Gasteiger partial charge in [-0.1, -0.05) is 46.8 Å². The molecule has 5 fully saturated rings. The Kier molecular flexibility index (Phi) is 7.39. The third kappa shape index (κ3) is 4.19. The average Bonchev–Trinajstić information content (AvgIpc) is 3.27. The third-order valence-electron chi connectivity index (χ3n) is 14.9. The molecule has 5 aliphatic carbocycles. The standard InChI is InChI=1S/C36H56O6/c1-21(2)22-12-17-36(30(40)41)19-18-34(8)23(28(22)36)10-11-25-33(7)15-14-26(42-27(37)20-31(3,4)29(38)39)32(5,6)24(33)13-16-35(25,34)9/h22-26,28H,1,10-20H2,2-9H3,(H,38,39)(H,40,41)/t22-,23+,24-,25+,26-,28+,33-,34+,35+,36?/m0/s1. The monoisotopic (exact) mass is 584 g/mol. The number of hydrogen-bond acceptors (Lipinski definition) is 4. The van der Waals surface area contributed by atoms with E-state index < -0.39 is 28.7 Å². The van der Waals surface area contributed by atoms with Gasteiger partial charge in [0.05, 0.1) is 17.3 Å². The van der Waals surface area contributed by atoms with Gasteiger partial charge in [-0.2, -0.15) is 0 Å². The highest BCUT2D eigenvalue weighted by Gasteiger charge is 2.72. The van der Waals surface area contributed by atoms with Gasteiger partial charge in [-0.25, -0.2) is 0 Å². The van der Waals surface area contributed by atoms with Gasteiger partial charge in [0, 0.05) is 5.41 Å². The van der Waals surface area contributed by atoms with Gasteiger partial charge in [-0.05, 0) is 131 Å². The van der Waals surface area contributed by atoms with Crippen LogP contribution < -0.4 is 0 Å². The average molecular weight is 585 g/mol. The molecule has 0 radical (unpaired) electrons. The summed E-state index contributed by atoms with van der Waals surface area (Å²) >= 11 is 0. The van der Waals surface area contributed by atoms with E-state index in [1.165, 1.54) is 0 Å². The molecule has 0 bridgehead atoms. The molecule has 0 spiro atoms. The fourth-order valence-corrected chi connectivity index (χ4v) is 12.3. The predicted molar refractivity (Wildman–Crippen MR) is 163 cm³/mol. The molecular formula is C36H56O6. The molecule has 0 aromatic rings. The number of carbonyl (C=O) groups excluding carboxylic acids is 1. The van der Waals surface area contributed by atoms with Gasteiger partial charge in [0.1, 0.15) is 6.10 Å². The molecule has 0 aliphatic heterocycles. The van der Waals surface area contributed by atoms with Gasteiger partial charge in [0.2, 0.25) is 0 Å². The normalized spacial score (nSPS) is 45.9. The molecule has 0 aromatic heterocycles. The van der Waals surface area contributed by atoms with Crippen LogP contribution in [0.15, 0.2) is 12.2 Å². The lowest BCUT2D eigenvalue weighted by Crippen LogP contribution is -2.67. The lowest BCUT2D eigenvalue weighted by Gasteiger charge is -2.72. The van der Waals surface area contributed by atoms with Crippen LogP contribution in [0.4, 0.5) is 0 Å². The number of fused-ring (bicyclic) bond motifs is 7. The van der Waals surface area contributed by atoms with Gasteiger partial charge in [0.25, 0.3) is 0 Å². The Morgan fingerprint density at radius 1 is 0.833 bits per heavy atom. The van der Waals surface area contributed by atoms with Crippen molar-refractivity contribution in [2.75, 3.05) is 0 Å². The van der Waals surface area contributed by atoms with Crippen molar-refractivity contribution in [3.05, 3.63) is 12.2 Å². The highest BCUT2D eigenvalue weighted by molar-refractivity contribution is 5.81. The second kappa shape index (κ2) is 9.83. The smallest absolute Gasteiger partial charge is 0.309 e. The zero-order valence-corrected chi connectivity index (χ0v) is 27.5. The maximum atomic E-state index is 12.9. The predicted octanol–water partition coefficient (Wildman–Crippen LogP) is 8.14. The minimum atomic E-state index is -1.15. The lowest BCUT2D eigenvalue weighted by atomic mass is 9.32. The molecule has 0 aromatic carbocycles. The number of allylic oxidation sites excluding steroid dienone is 1. The lowest BCUT2D eigenvalue weighted by molar-refractivity contribution is -0.250. The summed E-state index contributed by atoms with van der Waals surface area (Å²) in [5.74, 6) is -0.165. The summed E-state index contributed by atoms with van der Waals surface area (Å²) < 4.78 is 6.10. The molecular weight excluding hydrogens is 528 g/mol. The fourth-order valence-electron chi connectivity index (χ4n) is 12.3. The summed E-state index contributed by atoms with van der Waals surface area (Å²) in [7, 11) is 0. The number of carboxylic acids is 2. The first-order valence-corrected chi connectivity index (χ1v) is 16.6. The second-order valence-corrected chi connectivity index (χ2v) is 17.4. The molecule has 6 nitrogen and oxygen atoms in total. The van der Waals surface area contributed by atoms with E-state index in [2.05, 4.69) is 48.1 Å². The van der Waals surface area contributed by atoms with Crippen LogP contribution in [0.25, 0.3) is 0 Å². The quantitative estimate of drug-likeness (QED) is 0.241. The highest BCUT2D eigenvalue weighted by atomic mass is 16.5. The number of rotatable bonds is 6. The largest absolute Gasteiger partial charge is 0.481 e. The summed E-state index contributed by atoms with van der Waals surface area (Å²) in [5.41, 5.74) is -0.477. The number of esters is 1. The number of carbonyl (C=O) groups is 3. The van der Waals surface area contributed by atoms with Crippen molar-refractivity contribution in [1.82, 2.24) is 0 Å². The van der Waals surface area contributed by atoms with Crippen molar-refractivity contribution in [1.29, 1.82) is 0 Å². The van der Waals surface area contributed by atoms with Crippen LogP contribution in [0.3, 0.4) is 0 Å². The van der Waals surface area contributed by atoms with Crippen LogP contribution in [-0.2, 0) is 19.1 Å². The Balaban J connectivity index is 1.42. The Hall–Kier alpha value is -1.85. The molecule has 0 heterocycles. The summed E-state index contributed by atoms with van der Waals surface area (Å²) in [5, 5.41) is 20.1. The first-order valence-electron chi connectivity index (χ1n) is 16.6. The van der Waals surface area contributed by atoms with Gasteiger partial charge in [-0.15, -0.1) is 0 Å². The van der Waals surface area contributed by atoms with Gasteiger partial charge >= 0.3 is 17.9 Å². The van der Waals surface area contributed by atoms with Gasteiger partial charge < -0.3 is 14.9 Å². The molecule has 5 aliphatic rings. The molecule has 1 unspecified atom stereocenters. The Morgan fingerprint density at radius 2 is 1.50 bits per heavy atom. The van der Waals surface area contributed by atoms with Crippen molar-refractivity contribution in [3.63, 3.8) is 0 Å². The van der Waals surface area contributed by atoms with E-state index in [1.807, 2.05) is 0 Å². The molecule has 236 valence electrons. The minimum absolute atomic E-state index is 0.0847. The van der Waals surface area contributed by atoms with Crippen LogP contribution >= 0.6 is 0 Å². The third-order valence-corrected chi connectivity index (χ3v) is 14.9. The van der Waals surface area contributed by atoms with E-state index in [9.17, 15) is 24.6 Å². The summed E-state index contributed by atoms with van der Waals surface area (Å²) in [6, 6.07) is 0. The van der Waals surface area contributed by atoms with Crippen molar-refractivity contribution in [2.24, 2.45) is 62.1 Å². The topological polar surface area (TPSA) is 101 Å². The van der Waals surface area contributed by atoms with Crippen molar-refractivity contribution in [3.8, 4) is 0 Å². The molecule has 6 heteroatoms. The summed E-state index contributed by atoms with van der Waals surface area (Å²) in [6.45, 7) is 21.7. The number of hydrogen-bond donors (Lipinski definition) is 2. The molecule has 5 rings (SSSR count). The van der Waals surface area contributed by atoms with Gasteiger partial charge in [-0.3, -0.25) is 14.4 Å². The number of ether oxygens (including phenoxy) is 1. The summed E-state index contributed by atoms with van der Waals surface area (Å²) in [4.78, 5) is 37.5. The van der Waals surface area contributed by atoms with Crippen LogP contribution in [0, 0.1) is 62.1 Å². The van der Waals surface area contributed by atoms with E-state index in [4.69, 9.17) is 4.74 Å². The number of aliphatic carboxylic acids is 2. The maximum Gasteiger partial charge on any atom is 0.309 e. The maximum absolute atomic E-state index is 12.9. The zero-order valence-electron chi connectivity index (χ0n) is 27.5. The minimum Gasteiger partial charge on any atom is -0.481 e. The van der Waals surface area contributed by atoms with E-state index in [0.29, 0.717) is 23.7 Å².